The maximum Gasteiger partial charge on any atom is 0.265 e. The van der Waals surface area contributed by atoms with Gasteiger partial charge in [0.15, 0.2) is 5.82 Å². The van der Waals surface area contributed by atoms with Gasteiger partial charge in [-0.25, -0.2) is 8.42 Å². The summed E-state index contributed by atoms with van der Waals surface area (Å²) in [6, 6.07) is 6.10. The second-order valence-corrected chi connectivity index (χ2v) is 6.86. The Kier molecular flexibility index (Phi) is 4.07. The minimum atomic E-state index is -3.79. The summed E-state index contributed by atoms with van der Waals surface area (Å²) >= 11 is 6.36. The summed E-state index contributed by atoms with van der Waals surface area (Å²) in [4.78, 5) is 0.0485. The van der Waals surface area contributed by atoms with Crippen molar-refractivity contribution in [1.82, 2.24) is 10.2 Å². The van der Waals surface area contributed by atoms with Crippen LogP contribution in [0.3, 0.4) is 0 Å². The maximum absolute atomic E-state index is 12.3. The van der Waals surface area contributed by atoms with Crippen LogP contribution in [0.5, 0.6) is 0 Å². The van der Waals surface area contributed by atoms with Crippen molar-refractivity contribution in [2.75, 3.05) is 10.5 Å². The molecule has 1 heterocycles. The molecule has 0 spiro atoms. The number of rotatable bonds is 3. The highest BCUT2D eigenvalue weighted by molar-refractivity contribution is 9.11. The van der Waals surface area contributed by atoms with Crippen LogP contribution in [0.15, 0.2) is 44.3 Å². The summed E-state index contributed by atoms with van der Waals surface area (Å²) in [6.45, 7) is 0. The lowest BCUT2D eigenvalue weighted by atomic mass is 10.3. The molecular formula is C10H8Br2N4O2S. The van der Waals surface area contributed by atoms with E-state index in [0.29, 0.717) is 14.6 Å². The predicted octanol–water partition coefficient (Wildman–Crippen LogP) is 2.38. The molecule has 0 amide bonds. The standard InChI is InChI=1S/C10H8Br2N4O2S/c11-7-4-6(13)5-8(12)10(7)19(17,18)16-9-2-1-3-14-15-9/h1-5H,13H2,(H,15,16). The van der Waals surface area contributed by atoms with Gasteiger partial charge in [0.05, 0.1) is 0 Å². The van der Waals surface area contributed by atoms with Gasteiger partial charge in [0.1, 0.15) is 4.90 Å². The highest BCUT2D eigenvalue weighted by Gasteiger charge is 2.22. The Morgan fingerprint density at radius 1 is 1.21 bits per heavy atom. The summed E-state index contributed by atoms with van der Waals surface area (Å²) in [5, 5.41) is 7.27. The third kappa shape index (κ3) is 3.23. The molecular weight excluding hydrogens is 400 g/mol. The molecule has 1 aromatic carbocycles. The number of aromatic nitrogens is 2. The molecule has 0 atom stereocenters. The molecule has 6 nitrogen and oxygen atoms in total. The number of nitrogens with two attached hydrogens (primary N) is 1. The summed E-state index contributed by atoms with van der Waals surface area (Å²) in [5.41, 5.74) is 6.07. The van der Waals surface area contributed by atoms with Crippen LogP contribution in [-0.4, -0.2) is 18.6 Å². The van der Waals surface area contributed by atoms with E-state index in [-0.39, 0.29) is 10.7 Å². The quantitative estimate of drug-likeness (QED) is 0.761. The van der Waals surface area contributed by atoms with Crippen LogP contribution in [0.2, 0.25) is 0 Å². The Morgan fingerprint density at radius 2 is 1.84 bits per heavy atom. The van der Waals surface area contributed by atoms with E-state index in [1.807, 2.05) is 0 Å². The van der Waals surface area contributed by atoms with Gasteiger partial charge in [-0.2, -0.15) is 5.10 Å². The molecule has 0 aliphatic rings. The average molecular weight is 408 g/mol. The molecule has 0 fully saturated rings. The van der Waals surface area contributed by atoms with Crippen molar-refractivity contribution in [2.24, 2.45) is 0 Å². The number of nitrogens with zero attached hydrogens (tertiary/aromatic N) is 2. The third-order valence-corrected chi connectivity index (χ3v) is 5.33. The van der Waals surface area contributed by atoms with E-state index in [1.54, 1.807) is 6.07 Å². The zero-order valence-corrected chi connectivity index (χ0v) is 13.3. The SMILES string of the molecule is Nc1cc(Br)c(S(=O)(=O)Nc2cccnn2)c(Br)c1. The first-order chi connectivity index (χ1) is 8.90. The monoisotopic (exact) mass is 406 g/mol. The Bertz CT molecular complexity index is 684. The van der Waals surface area contributed by atoms with Crippen molar-refractivity contribution in [2.45, 2.75) is 4.90 Å². The molecule has 0 radical (unpaired) electrons. The van der Waals surface area contributed by atoms with Gasteiger partial charge in [-0.1, -0.05) is 0 Å². The average Bonchev–Trinajstić information content (AvgIpc) is 2.27. The van der Waals surface area contributed by atoms with Gasteiger partial charge in [0.2, 0.25) is 0 Å². The van der Waals surface area contributed by atoms with Crippen LogP contribution in [0.4, 0.5) is 11.5 Å². The Labute approximate surface area is 126 Å². The molecule has 100 valence electrons. The number of hydrogen-bond donors (Lipinski definition) is 2. The fraction of sp³-hybridized carbons (Fsp3) is 0. The first-order valence-electron chi connectivity index (χ1n) is 4.95. The Morgan fingerprint density at radius 3 is 2.37 bits per heavy atom. The van der Waals surface area contributed by atoms with Crippen LogP contribution in [0.25, 0.3) is 0 Å². The summed E-state index contributed by atoms with van der Waals surface area (Å²) < 4.78 is 27.6. The van der Waals surface area contributed by atoms with E-state index in [2.05, 4.69) is 46.8 Å². The third-order valence-electron chi connectivity index (χ3n) is 2.10. The summed E-state index contributed by atoms with van der Waals surface area (Å²) in [5.74, 6) is 0.137. The van der Waals surface area contributed by atoms with Crippen molar-refractivity contribution in [3.63, 3.8) is 0 Å². The van der Waals surface area contributed by atoms with E-state index >= 15 is 0 Å². The smallest absolute Gasteiger partial charge is 0.265 e. The van der Waals surface area contributed by atoms with Crippen molar-refractivity contribution < 1.29 is 8.42 Å². The minimum absolute atomic E-state index is 0.0485. The van der Waals surface area contributed by atoms with E-state index in [0.717, 1.165) is 0 Å². The number of nitrogens with one attached hydrogen (secondary N) is 1. The molecule has 2 aromatic rings. The number of nitrogen functional groups attached to an aromatic ring is 1. The topological polar surface area (TPSA) is 98.0 Å². The van der Waals surface area contributed by atoms with Gasteiger partial charge in [-0.3, -0.25) is 4.72 Å². The van der Waals surface area contributed by atoms with Gasteiger partial charge in [-0.15, -0.1) is 5.10 Å². The first-order valence-corrected chi connectivity index (χ1v) is 8.02. The van der Waals surface area contributed by atoms with Crippen molar-refractivity contribution >= 4 is 53.4 Å². The van der Waals surface area contributed by atoms with Crippen LogP contribution in [0.1, 0.15) is 0 Å². The first kappa shape index (κ1) is 14.2. The number of hydrogen-bond acceptors (Lipinski definition) is 5. The van der Waals surface area contributed by atoms with Gasteiger partial charge < -0.3 is 5.73 Å². The minimum Gasteiger partial charge on any atom is -0.399 e. The molecule has 9 heteroatoms. The molecule has 0 aliphatic heterocycles. The normalized spacial score (nSPS) is 11.3. The van der Waals surface area contributed by atoms with E-state index in [4.69, 9.17) is 5.73 Å². The molecule has 2 rings (SSSR count). The number of halogens is 2. The summed E-state index contributed by atoms with van der Waals surface area (Å²) in [6.07, 6.45) is 1.45. The highest BCUT2D eigenvalue weighted by Crippen LogP contribution is 2.33. The predicted molar refractivity (Wildman–Crippen MR) is 79.1 cm³/mol. The fourth-order valence-corrected chi connectivity index (χ4v) is 5.00. The van der Waals surface area contributed by atoms with Gasteiger partial charge in [-0.05, 0) is 56.1 Å². The lowest BCUT2D eigenvalue weighted by Gasteiger charge is -2.11. The molecule has 0 saturated heterocycles. The molecule has 0 aliphatic carbocycles. The summed E-state index contributed by atoms with van der Waals surface area (Å²) in [7, 11) is -3.79. The van der Waals surface area contributed by atoms with Gasteiger partial charge in [0.25, 0.3) is 10.0 Å². The lowest BCUT2D eigenvalue weighted by Crippen LogP contribution is -2.15. The number of benzene rings is 1. The zero-order valence-electron chi connectivity index (χ0n) is 9.34. The number of anilines is 2. The highest BCUT2D eigenvalue weighted by atomic mass is 79.9. The number of sulfonamides is 1. The maximum atomic E-state index is 12.3. The second kappa shape index (κ2) is 5.43. The van der Waals surface area contributed by atoms with Crippen LogP contribution in [0, 0.1) is 0 Å². The van der Waals surface area contributed by atoms with Crippen molar-refractivity contribution in [3.05, 3.63) is 39.4 Å². The lowest BCUT2D eigenvalue weighted by molar-refractivity contribution is 0.600. The van der Waals surface area contributed by atoms with Crippen molar-refractivity contribution in [1.29, 1.82) is 0 Å². The Hall–Kier alpha value is -1.19. The molecule has 0 bridgehead atoms. The van der Waals surface area contributed by atoms with E-state index in [9.17, 15) is 8.42 Å². The molecule has 19 heavy (non-hydrogen) atoms. The zero-order chi connectivity index (χ0) is 14.0. The fourth-order valence-electron chi connectivity index (χ4n) is 1.38. The van der Waals surface area contributed by atoms with Gasteiger partial charge >= 0.3 is 0 Å². The largest absolute Gasteiger partial charge is 0.399 e. The van der Waals surface area contributed by atoms with E-state index in [1.165, 1.54) is 24.4 Å². The van der Waals surface area contributed by atoms with Crippen LogP contribution < -0.4 is 10.5 Å². The molecule has 3 N–H and O–H groups in total. The molecule has 0 unspecified atom stereocenters. The second-order valence-electron chi connectivity index (χ2n) is 3.53. The molecule has 1 aromatic heterocycles. The van der Waals surface area contributed by atoms with Crippen LogP contribution in [-0.2, 0) is 10.0 Å². The molecule has 0 saturated carbocycles. The van der Waals surface area contributed by atoms with Crippen LogP contribution >= 0.6 is 31.9 Å². The van der Waals surface area contributed by atoms with Crippen molar-refractivity contribution in [3.8, 4) is 0 Å². The van der Waals surface area contributed by atoms with E-state index < -0.39 is 10.0 Å². The Balaban J connectivity index is 2.46. The van der Waals surface area contributed by atoms with Gasteiger partial charge in [0, 0.05) is 20.8 Å².